The summed E-state index contributed by atoms with van der Waals surface area (Å²) in [6, 6.07) is 9.63. The molecular formula is C24H43NO2S. The first-order valence-electron chi connectivity index (χ1n) is 11.4. The fraction of sp³-hybridized carbons (Fsp3) is 0.750. The molecule has 4 N–H and O–H groups in total. The molecule has 0 aliphatic heterocycles. The summed E-state index contributed by atoms with van der Waals surface area (Å²) in [4.78, 5) is 1.14. The standard InChI is InChI=1S/C24H43NO2S/c1-2-3-4-5-6-7-8-9-10-11-12-16-19-23(26)24(27)22(25)20-28-21-17-14-13-15-18-21/h13-15,17-18,22-24,26-27H,2-12,16,19-20,25H2,1H3/t22-,23+,24-/m0/s1. The van der Waals surface area contributed by atoms with Crippen LogP contribution in [0.15, 0.2) is 35.2 Å². The normalized spacial score (nSPS) is 14.7. The molecule has 1 aromatic rings. The van der Waals surface area contributed by atoms with Crippen molar-refractivity contribution in [3.05, 3.63) is 30.3 Å². The van der Waals surface area contributed by atoms with Crippen LogP contribution >= 0.6 is 11.8 Å². The predicted molar refractivity (Wildman–Crippen MR) is 123 cm³/mol. The monoisotopic (exact) mass is 409 g/mol. The van der Waals surface area contributed by atoms with E-state index < -0.39 is 18.2 Å². The number of aliphatic hydroxyl groups excluding tert-OH is 2. The fourth-order valence-corrected chi connectivity index (χ4v) is 4.39. The van der Waals surface area contributed by atoms with Gasteiger partial charge in [-0.25, -0.2) is 0 Å². The van der Waals surface area contributed by atoms with Crippen LogP contribution in [0.25, 0.3) is 0 Å². The summed E-state index contributed by atoms with van der Waals surface area (Å²) >= 11 is 1.62. The fourth-order valence-electron chi connectivity index (χ4n) is 3.46. The molecule has 0 saturated carbocycles. The minimum absolute atomic E-state index is 0.405. The van der Waals surface area contributed by atoms with E-state index in [0.717, 1.165) is 17.7 Å². The minimum atomic E-state index is -0.844. The van der Waals surface area contributed by atoms with Crippen molar-refractivity contribution in [3.63, 3.8) is 0 Å². The van der Waals surface area contributed by atoms with Gasteiger partial charge in [-0.05, 0) is 18.6 Å². The first-order chi connectivity index (χ1) is 13.6. The lowest BCUT2D eigenvalue weighted by molar-refractivity contribution is 0.00257. The minimum Gasteiger partial charge on any atom is -0.390 e. The van der Waals surface area contributed by atoms with Crippen molar-refractivity contribution < 1.29 is 10.2 Å². The zero-order valence-corrected chi connectivity index (χ0v) is 18.7. The van der Waals surface area contributed by atoms with E-state index in [0.29, 0.717) is 12.2 Å². The van der Waals surface area contributed by atoms with Crippen molar-refractivity contribution in [1.29, 1.82) is 0 Å². The second-order valence-electron chi connectivity index (χ2n) is 8.02. The van der Waals surface area contributed by atoms with Crippen LogP contribution in [-0.4, -0.2) is 34.2 Å². The Morgan fingerprint density at radius 2 is 1.29 bits per heavy atom. The molecule has 0 saturated heterocycles. The SMILES string of the molecule is CCCCCCCCCCCCCC[C@@H](O)[C@@H](O)[C@@H](N)CSc1ccccc1. The molecular weight excluding hydrogens is 366 g/mol. The lowest BCUT2D eigenvalue weighted by Crippen LogP contribution is -2.44. The van der Waals surface area contributed by atoms with Crippen molar-refractivity contribution in [2.75, 3.05) is 5.75 Å². The average Bonchev–Trinajstić information content (AvgIpc) is 2.72. The molecule has 0 unspecified atom stereocenters. The second kappa shape index (κ2) is 17.3. The van der Waals surface area contributed by atoms with Gasteiger partial charge in [0.25, 0.3) is 0 Å². The summed E-state index contributed by atoms with van der Waals surface area (Å²) in [5, 5.41) is 20.5. The topological polar surface area (TPSA) is 66.5 Å². The van der Waals surface area contributed by atoms with Gasteiger partial charge >= 0.3 is 0 Å². The molecule has 0 amide bonds. The smallest absolute Gasteiger partial charge is 0.0957 e. The molecule has 1 rings (SSSR count). The summed E-state index contributed by atoms with van der Waals surface area (Å²) in [7, 11) is 0. The molecule has 0 fully saturated rings. The Hall–Kier alpha value is -0.550. The van der Waals surface area contributed by atoms with Gasteiger partial charge in [-0.1, -0.05) is 102 Å². The van der Waals surface area contributed by atoms with Gasteiger partial charge < -0.3 is 15.9 Å². The van der Waals surface area contributed by atoms with Gasteiger partial charge in [-0.15, -0.1) is 11.8 Å². The van der Waals surface area contributed by atoms with E-state index in [9.17, 15) is 10.2 Å². The van der Waals surface area contributed by atoms with Crippen molar-refractivity contribution in [2.45, 2.75) is 114 Å². The van der Waals surface area contributed by atoms with Crippen LogP contribution < -0.4 is 5.73 Å². The number of rotatable bonds is 18. The Bertz CT molecular complexity index is 457. The van der Waals surface area contributed by atoms with Crippen molar-refractivity contribution in [3.8, 4) is 0 Å². The second-order valence-corrected chi connectivity index (χ2v) is 9.12. The van der Waals surface area contributed by atoms with Crippen molar-refractivity contribution in [2.24, 2.45) is 5.73 Å². The Labute approximate surface area is 177 Å². The first-order valence-corrected chi connectivity index (χ1v) is 12.4. The van der Waals surface area contributed by atoms with E-state index in [4.69, 9.17) is 5.73 Å². The van der Waals surface area contributed by atoms with E-state index in [-0.39, 0.29) is 0 Å². The van der Waals surface area contributed by atoms with Crippen LogP contribution in [0.2, 0.25) is 0 Å². The van der Waals surface area contributed by atoms with E-state index in [1.807, 2.05) is 30.3 Å². The lowest BCUT2D eigenvalue weighted by Gasteiger charge is -2.23. The van der Waals surface area contributed by atoms with Crippen LogP contribution in [0.1, 0.15) is 90.4 Å². The van der Waals surface area contributed by atoms with E-state index in [1.165, 1.54) is 64.2 Å². The van der Waals surface area contributed by atoms with Gasteiger partial charge in [0.05, 0.1) is 12.2 Å². The first kappa shape index (κ1) is 25.5. The lowest BCUT2D eigenvalue weighted by atomic mass is 10.0. The molecule has 0 bridgehead atoms. The van der Waals surface area contributed by atoms with Gasteiger partial charge in [0.15, 0.2) is 0 Å². The largest absolute Gasteiger partial charge is 0.390 e. The summed E-state index contributed by atoms with van der Waals surface area (Å²) in [5.41, 5.74) is 6.07. The van der Waals surface area contributed by atoms with Crippen LogP contribution in [0, 0.1) is 0 Å². The number of unbranched alkanes of at least 4 members (excludes halogenated alkanes) is 11. The molecule has 3 nitrogen and oxygen atoms in total. The van der Waals surface area contributed by atoms with Gasteiger partial charge in [-0.2, -0.15) is 0 Å². The number of aliphatic hydroxyl groups is 2. The molecule has 0 aromatic heterocycles. The quantitative estimate of drug-likeness (QED) is 0.208. The maximum Gasteiger partial charge on any atom is 0.0957 e. The zero-order chi connectivity index (χ0) is 20.5. The van der Waals surface area contributed by atoms with Gasteiger partial charge in [0.2, 0.25) is 0 Å². The summed E-state index contributed by atoms with van der Waals surface area (Å²) in [6.45, 7) is 2.26. The van der Waals surface area contributed by atoms with Crippen LogP contribution in [0.5, 0.6) is 0 Å². The summed E-state index contributed by atoms with van der Waals surface area (Å²) in [5.74, 6) is 0.612. The molecule has 4 heteroatoms. The number of hydrogen-bond donors (Lipinski definition) is 3. The number of hydrogen-bond acceptors (Lipinski definition) is 4. The summed E-state index contributed by atoms with van der Waals surface area (Å²) < 4.78 is 0. The van der Waals surface area contributed by atoms with Crippen LogP contribution in [0.4, 0.5) is 0 Å². The number of nitrogens with two attached hydrogens (primary N) is 1. The Morgan fingerprint density at radius 1 is 0.786 bits per heavy atom. The highest BCUT2D eigenvalue weighted by Gasteiger charge is 2.23. The van der Waals surface area contributed by atoms with Crippen molar-refractivity contribution in [1.82, 2.24) is 0 Å². The van der Waals surface area contributed by atoms with E-state index in [2.05, 4.69) is 6.92 Å². The zero-order valence-electron chi connectivity index (χ0n) is 17.9. The van der Waals surface area contributed by atoms with E-state index >= 15 is 0 Å². The number of benzene rings is 1. The Morgan fingerprint density at radius 3 is 1.82 bits per heavy atom. The van der Waals surface area contributed by atoms with Crippen LogP contribution in [-0.2, 0) is 0 Å². The maximum atomic E-state index is 10.3. The average molecular weight is 410 g/mol. The molecule has 1 aromatic carbocycles. The highest BCUT2D eigenvalue weighted by atomic mass is 32.2. The summed E-state index contributed by atoms with van der Waals surface area (Å²) in [6.07, 6.45) is 14.7. The molecule has 0 aliphatic rings. The van der Waals surface area contributed by atoms with Gasteiger partial charge in [-0.3, -0.25) is 0 Å². The van der Waals surface area contributed by atoms with Crippen LogP contribution in [0.3, 0.4) is 0 Å². The molecule has 0 heterocycles. The molecule has 0 radical (unpaired) electrons. The van der Waals surface area contributed by atoms with Gasteiger partial charge in [0.1, 0.15) is 0 Å². The predicted octanol–water partition coefficient (Wildman–Crippen LogP) is 5.92. The van der Waals surface area contributed by atoms with Crippen molar-refractivity contribution >= 4 is 11.8 Å². The highest BCUT2D eigenvalue weighted by Crippen LogP contribution is 2.20. The molecule has 28 heavy (non-hydrogen) atoms. The molecule has 3 atom stereocenters. The molecule has 162 valence electrons. The highest BCUT2D eigenvalue weighted by molar-refractivity contribution is 7.99. The third-order valence-electron chi connectivity index (χ3n) is 5.37. The third-order valence-corrected chi connectivity index (χ3v) is 6.53. The molecule has 0 spiro atoms. The van der Waals surface area contributed by atoms with Gasteiger partial charge in [0, 0.05) is 16.7 Å². The third kappa shape index (κ3) is 12.8. The Balaban J connectivity index is 1.96. The molecule has 0 aliphatic carbocycles. The van der Waals surface area contributed by atoms with E-state index in [1.54, 1.807) is 11.8 Å². The number of thioether (sulfide) groups is 1. The maximum absolute atomic E-state index is 10.3. The Kier molecular flexibility index (Phi) is 15.8.